The van der Waals surface area contributed by atoms with Crippen LogP contribution in [-0.4, -0.2) is 25.3 Å². The van der Waals surface area contributed by atoms with Crippen molar-refractivity contribution >= 4 is 15.9 Å². The Kier molecular flexibility index (Phi) is 4.95. The van der Waals surface area contributed by atoms with Gasteiger partial charge in [0, 0.05) is 25.7 Å². The molecule has 1 saturated heterocycles. The first-order valence-corrected chi connectivity index (χ1v) is 7.36. The monoisotopic (exact) mass is 330 g/mol. The summed E-state index contributed by atoms with van der Waals surface area (Å²) in [6.07, 6.45) is 2.16. The molecule has 106 valence electrons. The van der Waals surface area contributed by atoms with Crippen LogP contribution in [0.4, 0.5) is 4.39 Å². The van der Waals surface area contributed by atoms with E-state index in [2.05, 4.69) is 28.2 Å². The largest absolute Gasteiger partial charge is 0.374 e. The van der Waals surface area contributed by atoms with Crippen molar-refractivity contribution in [1.82, 2.24) is 5.32 Å². The summed E-state index contributed by atoms with van der Waals surface area (Å²) in [5.74, 6) is -0.259. The Balaban J connectivity index is 2.01. The highest BCUT2D eigenvalue weighted by Gasteiger charge is 2.30. The third kappa shape index (κ3) is 3.75. The Morgan fingerprint density at radius 1 is 1.58 bits per heavy atom. The second-order valence-corrected chi connectivity index (χ2v) is 6.10. The molecule has 1 aliphatic heterocycles. The van der Waals surface area contributed by atoms with Gasteiger partial charge in [0.1, 0.15) is 5.82 Å². The van der Waals surface area contributed by atoms with Gasteiger partial charge < -0.3 is 15.8 Å². The molecule has 0 radical (unpaired) electrons. The van der Waals surface area contributed by atoms with Crippen LogP contribution in [0.2, 0.25) is 0 Å². The molecule has 0 aromatic heterocycles. The summed E-state index contributed by atoms with van der Waals surface area (Å²) in [6.45, 7) is 4.16. The van der Waals surface area contributed by atoms with Gasteiger partial charge in [-0.3, -0.25) is 0 Å². The minimum atomic E-state index is -0.259. The molecule has 1 heterocycles. The van der Waals surface area contributed by atoms with Crippen LogP contribution in [0.15, 0.2) is 22.7 Å². The second kappa shape index (κ2) is 6.31. The summed E-state index contributed by atoms with van der Waals surface area (Å²) < 4.78 is 19.4. The van der Waals surface area contributed by atoms with Crippen molar-refractivity contribution in [3.05, 3.63) is 34.1 Å². The second-order valence-electron chi connectivity index (χ2n) is 5.24. The van der Waals surface area contributed by atoms with Gasteiger partial charge in [0.15, 0.2) is 0 Å². The lowest BCUT2D eigenvalue weighted by Gasteiger charge is -2.27. The lowest BCUT2D eigenvalue weighted by molar-refractivity contribution is 0.0189. The Morgan fingerprint density at radius 2 is 2.37 bits per heavy atom. The van der Waals surface area contributed by atoms with Crippen molar-refractivity contribution in [2.24, 2.45) is 5.73 Å². The molecule has 1 aromatic carbocycles. The molecule has 19 heavy (non-hydrogen) atoms. The highest BCUT2D eigenvalue weighted by Crippen LogP contribution is 2.26. The predicted octanol–water partition coefficient (Wildman–Crippen LogP) is 2.75. The first kappa shape index (κ1) is 14.9. The molecule has 3 nitrogen and oxygen atoms in total. The van der Waals surface area contributed by atoms with Crippen LogP contribution in [0, 0.1) is 5.82 Å². The topological polar surface area (TPSA) is 47.3 Å². The fraction of sp³-hybridized carbons (Fsp3) is 0.571. The third-order valence-corrected chi connectivity index (χ3v) is 4.21. The van der Waals surface area contributed by atoms with Crippen LogP contribution in [0.5, 0.6) is 0 Å². The smallest absolute Gasteiger partial charge is 0.137 e. The molecule has 2 atom stereocenters. The van der Waals surface area contributed by atoms with E-state index in [-0.39, 0.29) is 17.5 Å². The molecule has 0 amide bonds. The number of ether oxygens (including phenoxy) is 1. The number of nitrogens with two attached hydrogens (primary N) is 1. The van der Waals surface area contributed by atoms with Crippen molar-refractivity contribution in [1.29, 1.82) is 0 Å². The summed E-state index contributed by atoms with van der Waals surface area (Å²) in [6, 6.07) is 5.01. The van der Waals surface area contributed by atoms with E-state index in [0.717, 1.165) is 31.6 Å². The van der Waals surface area contributed by atoms with Gasteiger partial charge in [0.25, 0.3) is 0 Å². The number of benzene rings is 1. The Bertz CT molecular complexity index is 435. The number of nitrogens with one attached hydrogen (secondary N) is 1. The first-order valence-electron chi connectivity index (χ1n) is 6.56. The molecular formula is C14H20BrFN2O. The van der Waals surface area contributed by atoms with E-state index < -0.39 is 0 Å². The lowest BCUT2D eigenvalue weighted by atomic mass is 10.0. The zero-order valence-corrected chi connectivity index (χ0v) is 12.7. The summed E-state index contributed by atoms with van der Waals surface area (Å²) in [5.41, 5.74) is 6.69. The Labute approximate surface area is 121 Å². The maximum atomic E-state index is 13.2. The van der Waals surface area contributed by atoms with Crippen molar-refractivity contribution in [3.8, 4) is 0 Å². The van der Waals surface area contributed by atoms with Gasteiger partial charge in [0.2, 0.25) is 0 Å². The quantitative estimate of drug-likeness (QED) is 0.872. The van der Waals surface area contributed by atoms with E-state index in [9.17, 15) is 4.39 Å². The number of hydrogen-bond donors (Lipinski definition) is 2. The molecule has 3 N–H and O–H groups in total. The van der Waals surface area contributed by atoms with Gasteiger partial charge in [-0.2, -0.15) is 0 Å². The summed E-state index contributed by atoms with van der Waals surface area (Å²) >= 11 is 3.20. The van der Waals surface area contributed by atoms with Gasteiger partial charge >= 0.3 is 0 Å². The van der Waals surface area contributed by atoms with Crippen molar-refractivity contribution in [3.63, 3.8) is 0 Å². The minimum Gasteiger partial charge on any atom is -0.374 e. The summed E-state index contributed by atoms with van der Waals surface area (Å²) in [7, 11) is 0. The van der Waals surface area contributed by atoms with Crippen LogP contribution in [-0.2, 0) is 4.74 Å². The highest BCUT2D eigenvalue weighted by molar-refractivity contribution is 9.10. The molecular weight excluding hydrogens is 311 g/mol. The zero-order chi connectivity index (χ0) is 13.9. The summed E-state index contributed by atoms with van der Waals surface area (Å²) in [5, 5.41) is 3.42. The van der Waals surface area contributed by atoms with Crippen LogP contribution in [0.3, 0.4) is 0 Å². The van der Waals surface area contributed by atoms with Crippen LogP contribution >= 0.6 is 15.9 Å². The van der Waals surface area contributed by atoms with Gasteiger partial charge in [0.05, 0.1) is 10.1 Å². The average molecular weight is 331 g/mol. The molecule has 2 unspecified atom stereocenters. The molecule has 0 bridgehead atoms. The van der Waals surface area contributed by atoms with E-state index in [4.69, 9.17) is 10.5 Å². The van der Waals surface area contributed by atoms with E-state index in [1.54, 1.807) is 12.1 Å². The van der Waals surface area contributed by atoms with Gasteiger partial charge in [-0.25, -0.2) is 4.39 Å². The zero-order valence-electron chi connectivity index (χ0n) is 11.1. The van der Waals surface area contributed by atoms with Gasteiger partial charge in [-0.05, 0) is 53.4 Å². The molecule has 5 heteroatoms. The van der Waals surface area contributed by atoms with Gasteiger partial charge in [-0.1, -0.05) is 6.07 Å². The molecule has 0 aliphatic carbocycles. The standard InChI is InChI=1S/C14H20BrFN2O/c1-14(5-2-6-19-14)9-18-13(8-17)10-3-4-12(16)11(15)7-10/h3-4,7,13,18H,2,5-6,8-9,17H2,1H3. The SMILES string of the molecule is CC1(CNC(CN)c2ccc(F)c(Br)c2)CCCO1. The maximum Gasteiger partial charge on any atom is 0.137 e. The maximum absolute atomic E-state index is 13.2. The molecule has 2 rings (SSSR count). The lowest BCUT2D eigenvalue weighted by Crippen LogP contribution is -2.41. The number of hydrogen-bond acceptors (Lipinski definition) is 3. The average Bonchev–Trinajstić information content (AvgIpc) is 2.81. The Hall–Kier alpha value is -0.490. The normalized spacial score (nSPS) is 24.6. The fourth-order valence-corrected chi connectivity index (χ4v) is 2.78. The fourth-order valence-electron chi connectivity index (χ4n) is 2.38. The molecule has 0 saturated carbocycles. The van der Waals surface area contributed by atoms with Crippen molar-refractivity contribution < 1.29 is 9.13 Å². The molecule has 1 aromatic rings. The van der Waals surface area contributed by atoms with Crippen LogP contribution in [0.1, 0.15) is 31.4 Å². The van der Waals surface area contributed by atoms with E-state index in [0.29, 0.717) is 11.0 Å². The van der Waals surface area contributed by atoms with Crippen molar-refractivity contribution in [2.45, 2.75) is 31.4 Å². The molecule has 0 spiro atoms. The minimum absolute atomic E-state index is 0.0120. The number of halogens is 2. The van der Waals surface area contributed by atoms with E-state index >= 15 is 0 Å². The van der Waals surface area contributed by atoms with E-state index in [1.807, 2.05) is 0 Å². The van der Waals surface area contributed by atoms with Gasteiger partial charge in [-0.15, -0.1) is 0 Å². The van der Waals surface area contributed by atoms with Crippen molar-refractivity contribution in [2.75, 3.05) is 19.7 Å². The van der Waals surface area contributed by atoms with Crippen LogP contribution in [0.25, 0.3) is 0 Å². The predicted molar refractivity (Wildman–Crippen MR) is 77.5 cm³/mol. The molecule has 1 aliphatic rings. The van der Waals surface area contributed by atoms with E-state index in [1.165, 1.54) is 6.07 Å². The summed E-state index contributed by atoms with van der Waals surface area (Å²) in [4.78, 5) is 0. The third-order valence-electron chi connectivity index (χ3n) is 3.60. The Morgan fingerprint density at radius 3 is 2.95 bits per heavy atom. The first-order chi connectivity index (χ1) is 9.04. The highest BCUT2D eigenvalue weighted by atomic mass is 79.9. The molecule has 1 fully saturated rings. The van der Waals surface area contributed by atoms with Crippen LogP contribution < -0.4 is 11.1 Å². The number of rotatable bonds is 5.